The second kappa shape index (κ2) is 7.52. The molecule has 0 unspecified atom stereocenters. The van der Waals surface area contributed by atoms with Gasteiger partial charge in [-0.25, -0.2) is 4.52 Å². The van der Waals surface area contributed by atoms with Crippen molar-refractivity contribution in [2.24, 2.45) is 0 Å². The summed E-state index contributed by atoms with van der Waals surface area (Å²) in [6, 6.07) is 17.6. The Morgan fingerprint density at radius 2 is 1.89 bits per heavy atom. The highest BCUT2D eigenvalue weighted by atomic mass is 16.5. The molecule has 3 aromatic heterocycles. The number of amides is 1. The number of fused-ring (bicyclic) bond motifs is 1. The largest absolute Gasteiger partial charge is 0.495 e. The fourth-order valence-corrected chi connectivity index (χ4v) is 3.01. The van der Waals surface area contributed by atoms with E-state index >= 15 is 0 Å². The van der Waals surface area contributed by atoms with Gasteiger partial charge in [0.15, 0.2) is 5.69 Å². The fraction of sp³-hybridized carbons (Fsp3) is 0.136. The summed E-state index contributed by atoms with van der Waals surface area (Å²) < 4.78 is 6.82. The number of rotatable bonds is 5. The van der Waals surface area contributed by atoms with E-state index in [2.05, 4.69) is 21.5 Å². The van der Waals surface area contributed by atoms with Crippen LogP contribution in [0.25, 0.3) is 16.6 Å². The van der Waals surface area contributed by atoms with E-state index in [1.54, 1.807) is 23.9 Å². The third kappa shape index (κ3) is 3.71. The van der Waals surface area contributed by atoms with Gasteiger partial charge in [0, 0.05) is 18.4 Å². The number of methoxy groups -OCH3 is 1. The van der Waals surface area contributed by atoms with Gasteiger partial charge in [-0.05, 0) is 53.9 Å². The molecule has 0 aliphatic carbocycles. The minimum atomic E-state index is -0.212. The van der Waals surface area contributed by atoms with Crippen LogP contribution >= 0.6 is 0 Å². The Hall–Kier alpha value is -3.67. The second-order valence-electron chi connectivity index (χ2n) is 6.53. The van der Waals surface area contributed by atoms with Gasteiger partial charge in [-0.2, -0.15) is 5.10 Å². The summed E-state index contributed by atoms with van der Waals surface area (Å²) in [5.74, 6) is 0.476. The molecule has 0 saturated carbocycles. The maximum atomic E-state index is 12.4. The summed E-state index contributed by atoms with van der Waals surface area (Å²) in [6.07, 6.45) is 3.55. The van der Waals surface area contributed by atoms with E-state index in [0.29, 0.717) is 18.0 Å². The van der Waals surface area contributed by atoms with Crippen LogP contribution < -0.4 is 10.1 Å². The Morgan fingerprint density at radius 3 is 2.64 bits per heavy atom. The van der Waals surface area contributed by atoms with Crippen LogP contribution in [0, 0.1) is 6.92 Å². The standard InChI is InChI=1S/C22H20N4O2/c1-15-11-18(9-10-23-15)17-5-3-16(4-6-17)13-24-22(27)21-12-19-7-8-20(28-2)14-26(19)25-21/h3-12,14H,13H2,1-2H3,(H,24,27). The molecule has 6 nitrogen and oxygen atoms in total. The average Bonchev–Trinajstić information content (AvgIpc) is 3.15. The highest BCUT2D eigenvalue weighted by molar-refractivity contribution is 5.93. The summed E-state index contributed by atoms with van der Waals surface area (Å²) >= 11 is 0. The minimum absolute atomic E-state index is 0.212. The number of carbonyl (C=O) groups is 1. The summed E-state index contributed by atoms with van der Waals surface area (Å²) in [5.41, 5.74) is 5.46. The van der Waals surface area contributed by atoms with Gasteiger partial charge < -0.3 is 10.1 Å². The van der Waals surface area contributed by atoms with Gasteiger partial charge in [0.2, 0.25) is 0 Å². The van der Waals surface area contributed by atoms with Gasteiger partial charge >= 0.3 is 0 Å². The quantitative estimate of drug-likeness (QED) is 0.581. The van der Waals surface area contributed by atoms with E-state index in [1.807, 2.05) is 55.6 Å². The molecule has 4 rings (SSSR count). The molecule has 0 radical (unpaired) electrons. The second-order valence-corrected chi connectivity index (χ2v) is 6.53. The van der Waals surface area contributed by atoms with Gasteiger partial charge in [-0.1, -0.05) is 24.3 Å². The molecule has 0 saturated heterocycles. The topological polar surface area (TPSA) is 68.5 Å². The first-order chi connectivity index (χ1) is 13.6. The average molecular weight is 372 g/mol. The molecule has 0 atom stereocenters. The molecule has 1 N–H and O–H groups in total. The van der Waals surface area contributed by atoms with Crippen molar-refractivity contribution in [2.75, 3.05) is 7.11 Å². The molecule has 4 aromatic rings. The number of hydrogen-bond donors (Lipinski definition) is 1. The van der Waals surface area contributed by atoms with E-state index in [-0.39, 0.29) is 5.91 Å². The number of nitrogens with one attached hydrogen (secondary N) is 1. The van der Waals surface area contributed by atoms with Gasteiger partial charge in [-0.3, -0.25) is 9.78 Å². The number of ether oxygens (including phenoxy) is 1. The lowest BCUT2D eigenvalue weighted by Crippen LogP contribution is -2.23. The first-order valence-corrected chi connectivity index (χ1v) is 8.96. The highest BCUT2D eigenvalue weighted by Crippen LogP contribution is 2.20. The van der Waals surface area contributed by atoms with Crippen LogP contribution in [-0.2, 0) is 6.54 Å². The Labute approximate surface area is 162 Å². The number of nitrogens with zero attached hydrogens (tertiary/aromatic N) is 3. The molecule has 28 heavy (non-hydrogen) atoms. The SMILES string of the molecule is COc1ccc2cc(C(=O)NCc3ccc(-c4ccnc(C)c4)cc3)nn2c1. The van der Waals surface area contributed by atoms with Gasteiger partial charge in [0.1, 0.15) is 5.75 Å². The van der Waals surface area contributed by atoms with Crippen LogP contribution in [0.5, 0.6) is 5.75 Å². The number of benzene rings is 1. The molecule has 140 valence electrons. The van der Waals surface area contributed by atoms with E-state index < -0.39 is 0 Å². The molecule has 0 fully saturated rings. The Morgan fingerprint density at radius 1 is 1.07 bits per heavy atom. The monoisotopic (exact) mass is 372 g/mol. The minimum Gasteiger partial charge on any atom is -0.495 e. The van der Waals surface area contributed by atoms with Crippen molar-refractivity contribution in [2.45, 2.75) is 13.5 Å². The van der Waals surface area contributed by atoms with E-state index in [4.69, 9.17) is 4.74 Å². The molecule has 0 bridgehead atoms. The highest BCUT2D eigenvalue weighted by Gasteiger charge is 2.11. The van der Waals surface area contributed by atoms with Crippen LogP contribution in [0.15, 0.2) is 67.0 Å². The van der Waals surface area contributed by atoms with Crippen molar-refractivity contribution in [3.8, 4) is 16.9 Å². The van der Waals surface area contributed by atoms with Crippen molar-refractivity contribution >= 4 is 11.4 Å². The number of aryl methyl sites for hydroxylation is 1. The zero-order chi connectivity index (χ0) is 19.5. The molecule has 0 aliphatic heterocycles. The third-order valence-electron chi connectivity index (χ3n) is 4.54. The molecule has 0 spiro atoms. The van der Waals surface area contributed by atoms with Gasteiger partial charge in [-0.15, -0.1) is 0 Å². The fourth-order valence-electron chi connectivity index (χ4n) is 3.01. The molecule has 0 aliphatic rings. The van der Waals surface area contributed by atoms with Crippen LogP contribution in [0.1, 0.15) is 21.7 Å². The zero-order valence-electron chi connectivity index (χ0n) is 15.7. The van der Waals surface area contributed by atoms with Crippen molar-refractivity contribution in [3.63, 3.8) is 0 Å². The molecule has 1 amide bonds. The molecule has 1 aromatic carbocycles. The lowest BCUT2D eigenvalue weighted by Gasteiger charge is -2.06. The van der Waals surface area contributed by atoms with Crippen molar-refractivity contribution < 1.29 is 9.53 Å². The van der Waals surface area contributed by atoms with Crippen molar-refractivity contribution in [1.29, 1.82) is 0 Å². The normalized spacial score (nSPS) is 10.8. The lowest BCUT2D eigenvalue weighted by molar-refractivity contribution is 0.0945. The van der Waals surface area contributed by atoms with Gasteiger partial charge in [0.05, 0.1) is 18.8 Å². The predicted molar refractivity (Wildman–Crippen MR) is 107 cm³/mol. The van der Waals surface area contributed by atoms with Gasteiger partial charge in [0.25, 0.3) is 5.91 Å². The first kappa shape index (κ1) is 17.7. The number of hydrogen-bond acceptors (Lipinski definition) is 4. The summed E-state index contributed by atoms with van der Waals surface area (Å²) in [7, 11) is 1.60. The smallest absolute Gasteiger partial charge is 0.272 e. The van der Waals surface area contributed by atoms with E-state index in [9.17, 15) is 4.79 Å². The Bertz CT molecular complexity index is 1130. The third-order valence-corrected chi connectivity index (χ3v) is 4.54. The molecular weight excluding hydrogens is 352 g/mol. The molecule has 6 heteroatoms. The zero-order valence-corrected chi connectivity index (χ0v) is 15.7. The van der Waals surface area contributed by atoms with E-state index in [1.165, 1.54) is 0 Å². The van der Waals surface area contributed by atoms with Crippen LogP contribution in [0.3, 0.4) is 0 Å². The predicted octanol–water partition coefficient (Wildman–Crippen LogP) is 3.64. The van der Waals surface area contributed by atoms with Crippen molar-refractivity contribution in [3.05, 3.63) is 83.9 Å². The Kier molecular flexibility index (Phi) is 4.76. The maximum Gasteiger partial charge on any atom is 0.272 e. The first-order valence-electron chi connectivity index (χ1n) is 8.96. The summed E-state index contributed by atoms with van der Waals surface area (Å²) in [5, 5.41) is 7.23. The number of carbonyl (C=O) groups excluding carboxylic acids is 1. The lowest BCUT2D eigenvalue weighted by atomic mass is 10.0. The van der Waals surface area contributed by atoms with Crippen LogP contribution in [0.2, 0.25) is 0 Å². The Balaban J connectivity index is 1.43. The molecular formula is C22H20N4O2. The maximum absolute atomic E-state index is 12.4. The van der Waals surface area contributed by atoms with Crippen molar-refractivity contribution in [1.82, 2.24) is 19.9 Å². The number of pyridine rings is 2. The van der Waals surface area contributed by atoms with Crippen LogP contribution in [-0.4, -0.2) is 27.6 Å². The molecule has 3 heterocycles. The number of aromatic nitrogens is 3. The summed E-state index contributed by atoms with van der Waals surface area (Å²) in [6.45, 7) is 2.41. The van der Waals surface area contributed by atoms with E-state index in [0.717, 1.165) is 27.9 Å². The van der Waals surface area contributed by atoms with Crippen LogP contribution in [0.4, 0.5) is 0 Å². The summed E-state index contributed by atoms with van der Waals surface area (Å²) in [4.78, 5) is 16.7.